The van der Waals surface area contributed by atoms with E-state index in [0.29, 0.717) is 12.8 Å². The van der Waals surface area contributed by atoms with Crippen LogP contribution in [0.1, 0.15) is 41.9 Å². The number of rotatable bonds is 4. The van der Waals surface area contributed by atoms with Crippen molar-refractivity contribution in [3.05, 3.63) is 28.0 Å². The molecule has 2 N–H and O–H groups in total. The maximum Gasteiger partial charge on any atom is 0.329 e. The van der Waals surface area contributed by atoms with Crippen LogP contribution >= 0.6 is 11.3 Å². The summed E-state index contributed by atoms with van der Waals surface area (Å²) in [6.07, 6.45) is 6.91. The summed E-state index contributed by atoms with van der Waals surface area (Å²) in [4.78, 5) is 25.6. The molecule has 0 bridgehead atoms. The molecule has 0 aromatic carbocycles. The third-order valence-corrected chi connectivity index (χ3v) is 4.61. The van der Waals surface area contributed by atoms with E-state index in [9.17, 15) is 14.7 Å². The smallest absolute Gasteiger partial charge is 0.329 e. The number of aryl methyl sites for hydroxylation is 1. The summed E-state index contributed by atoms with van der Waals surface area (Å²) in [7, 11) is 0. The van der Waals surface area contributed by atoms with Crippen molar-refractivity contribution >= 4 is 29.3 Å². The molecule has 1 fully saturated rings. The van der Waals surface area contributed by atoms with E-state index in [1.807, 2.05) is 19.1 Å². The van der Waals surface area contributed by atoms with Gasteiger partial charge in [0.1, 0.15) is 5.54 Å². The van der Waals surface area contributed by atoms with Crippen molar-refractivity contribution in [2.24, 2.45) is 0 Å². The number of carbonyl (C=O) groups excluding carboxylic acids is 1. The van der Waals surface area contributed by atoms with Gasteiger partial charge in [0.25, 0.3) is 0 Å². The molecule has 20 heavy (non-hydrogen) atoms. The largest absolute Gasteiger partial charge is 0.480 e. The normalized spacial score (nSPS) is 18.1. The first kappa shape index (κ1) is 14.8. The standard InChI is InChI=1S/C15H19NO3S/c1-11-5-6-12(20-11)7-8-13(17)16-15(14(18)19)9-3-2-4-10-15/h5-8H,2-4,9-10H2,1H3,(H,16,17)(H,18,19)/b8-7+. The lowest BCUT2D eigenvalue weighted by molar-refractivity contribution is -0.148. The van der Waals surface area contributed by atoms with Gasteiger partial charge in [-0.2, -0.15) is 0 Å². The van der Waals surface area contributed by atoms with Crippen molar-refractivity contribution in [1.82, 2.24) is 5.32 Å². The Morgan fingerprint density at radius 3 is 2.55 bits per heavy atom. The minimum Gasteiger partial charge on any atom is -0.480 e. The first-order valence-electron chi connectivity index (χ1n) is 6.82. The van der Waals surface area contributed by atoms with Gasteiger partial charge in [-0.25, -0.2) is 4.79 Å². The molecule has 0 aliphatic heterocycles. The summed E-state index contributed by atoms with van der Waals surface area (Å²) >= 11 is 1.60. The molecular formula is C15H19NO3S. The summed E-state index contributed by atoms with van der Waals surface area (Å²) < 4.78 is 0. The van der Waals surface area contributed by atoms with Crippen molar-refractivity contribution in [2.45, 2.75) is 44.6 Å². The molecule has 2 rings (SSSR count). The van der Waals surface area contributed by atoms with Crippen LogP contribution in [0.2, 0.25) is 0 Å². The number of carbonyl (C=O) groups is 2. The summed E-state index contributed by atoms with van der Waals surface area (Å²) in [6.45, 7) is 2.00. The second-order valence-corrected chi connectivity index (χ2v) is 6.54. The van der Waals surface area contributed by atoms with Crippen LogP contribution in [0.3, 0.4) is 0 Å². The molecule has 0 saturated heterocycles. The van der Waals surface area contributed by atoms with Crippen LogP contribution in [0, 0.1) is 6.92 Å². The molecule has 4 nitrogen and oxygen atoms in total. The molecule has 1 amide bonds. The zero-order valence-electron chi connectivity index (χ0n) is 11.5. The van der Waals surface area contributed by atoms with Gasteiger partial charge in [0.15, 0.2) is 0 Å². The molecule has 5 heteroatoms. The minimum atomic E-state index is -1.08. The first-order chi connectivity index (χ1) is 9.52. The average Bonchev–Trinajstić information content (AvgIpc) is 2.83. The van der Waals surface area contributed by atoms with Gasteiger partial charge in [-0.15, -0.1) is 11.3 Å². The van der Waals surface area contributed by atoms with Crippen LogP contribution in [-0.2, 0) is 9.59 Å². The molecule has 1 aliphatic rings. The van der Waals surface area contributed by atoms with Gasteiger partial charge in [-0.3, -0.25) is 4.79 Å². The van der Waals surface area contributed by atoms with Gasteiger partial charge in [-0.05, 0) is 38.0 Å². The Morgan fingerprint density at radius 1 is 1.30 bits per heavy atom. The van der Waals surface area contributed by atoms with E-state index >= 15 is 0 Å². The monoisotopic (exact) mass is 293 g/mol. The Balaban J connectivity index is 2.01. The maximum absolute atomic E-state index is 11.9. The van der Waals surface area contributed by atoms with Crippen LogP contribution in [-0.4, -0.2) is 22.5 Å². The molecule has 1 saturated carbocycles. The molecule has 1 heterocycles. The number of hydrogen-bond donors (Lipinski definition) is 2. The van der Waals surface area contributed by atoms with Crippen molar-refractivity contribution in [1.29, 1.82) is 0 Å². The van der Waals surface area contributed by atoms with Gasteiger partial charge in [0.2, 0.25) is 5.91 Å². The lowest BCUT2D eigenvalue weighted by atomic mass is 9.81. The summed E-state index contributed by atoms with van der Waals surface area (Å²) in [5.74, 6) is -1.26. The Hall–Kier alpha value is -1.62. The van der Waals surface area contributed by atoms with Crippen molar-refractivity contribution in [2.75, 3.05) is 0 Å². The molecule has 1 aromatic heterocycles. The Bertz CT molecular complexity index is 527. The van der Waals surface area contributed by atoms with Gasteiger partial charge in [0, 0.05) is 15.8 Å². The average molecular weight is 293 g/mol. The maximum atomic E-state index is 11.9. The number of aliphatic carboxylic acids is 1. The zero-order valence-corrected chi connectivity index (χ0v) is 12.3. The predicted molar refractivity (Wildman–Crippen MR) is 79.7 cm³/mol. The fraction of sp³-hybridized carbons (Fsp3) is 0.467. The number of amides is 1. The zero-order chi connectivity index (χ0) is 14.6. The second-order valence-electron chi connectivity index (χ2n) is 5.22. The predicted octanol–water partition coefficient (Wildman–Crippen LogP) is 2.97. The third kappa shape index (κ3) is 3.48. The number of nitrogens with one attached hydrogen (secondary N) is 1. The van der Waals surface area contributed by atoms with E-state index in [1.165, 1.54) is 11.0 Å². The number of carboxylic acid groups (broad SMARTS) is 1. The molecule has 0 radical (unpaired) electrons. The topological polar surface area (TPSA) is 66.4 Å². The lowest BCUT2D eigenvalue weighted by Gasteiger charge is -2.33. The van der Waals surface area contributed by atoms with Crippen LogP contribution in [0.4, 0.5) is 0 Å². The van der Waals surface area contributed by atoms with E-state index in [4.69, 9.17) is 0 Å². The molecule has 0 atom stereocenters. The fourth-order valence-corrected chi connectivity index (χ4v) is 3.31. The highest BCUT2D eigenvalue weighted by Crippen LogP contribution is 2.28. The number of hydrogen-bond acceptors (Lipinski definition) is 3. The highest BCUT2D eigenvalue weighted by Gasteiger charge is 2.40. The molecule has 0 unspecified atom stereocenters. The molecule has 108 valence electrons. The van der Waals surface area contributed by atoms with Crippen LogP contribution in [0.15, 0.2) is 18.2 Å². The molecule has 0 spiro atoms. The summed E-state index contributed by atoms with van der Waals surface area (Å²) in [5.41, 5.74) is -1.08. The highest BCUT2D eigenvalue weighted by molar-refractivity contribution is 7.12. The Kier molecular flexibility index (Phi) is 4.60. The highest BCUT2D eigenvalue weighted by atomic mass is 32.1. The van der Waals surface area contributed by atoms with Crippen molar-refractivity contribution < 1.29 is 14.7 Å². The van der Waals surface area contributed by atoms with Gasteiger partial charge in [0.05, 0.1) is 0 Å². The summed E-state index contributed by atoms with van der Waals surface area (Å²) in [5, 5.41) is 12.1. The van der Waals surface area contributed by atoms with E-state index in [-0.39, 0.29) is 5.91 Å². The third-order valence-electron chi connectivity index (χ3n) is 3.64. The Labute approximate surface area is 122 Å². The van der Waals surface area contributed by atoms with Crippen molar-refractivity contribution in [3.8, 4) is 0 Å². The van der Waals surface area contributed by atoms with Crippen LogP contribution < -0.4 is 5.32 Å². The fourth-order valence-electron chi connectivity index (χ4n) is 2.53. The van der Waals surface area contributed by atoms with Gasteiger partial charge in [-0.1, -0.05) is 19.3 Å². The Morgan fingerprint density at radius 2 is 2.00 bits per heavy atom. The van der Waals surface area contributed by atoms with Crippen LogP contribution in [0.5, 0.6) is 0 Å². The quantitative estimate of drug-likeness (QED) is 0.839. The van der Waals surface area contributed by atoms with E-state index in [0.717, 1.165) is 24.1 Å². The van der Waals surface area contributed by atoms with Gasteiger partial charge >= 0.3 is 5.97 Å². The molecule has 1 aliphatic carbocycles. The lowest BCUT2D eigenvalue weighted by Crippen LogP contribution is -2.55. The van der Waals surface area contributed by atoms with Crippen LogP contribution in [0.25, 0.3) is 6.08 Å². The first-order valence-corrected chi connectivity index (χ1v) is 7.64. The molecule has 1 aromatic rings. The van der Waals surface area contributed by atoms with E-state index in [2.05, 4.69) is 5.32 Å². The van der Waals surface area contributed by atoms with Gasteiger partial charge < -0.3 is 10.4 Å². The second kappa shape index (κ2) is 6.22. The number of carboxylic acids is 1. The summed E-state index contributed by atoms with van der Waals surface area (Å²) in [6, 6.07) is 3.93. The van der Waals surface area contributed by atoms with E-state index in [1.54, 1.807) is 17.4 Å². The van der Waals surface area contributed by atoms with E-state index < -0.39 is 11.5 Å². The van der Waals surface area contributed by atoms with Crippen molar-refractivity contribution in [3.63, 3.8) is 0 Å². The minimum absolute atomic E-state index is 0.333. The molecular weight excluding hydrogens is 274 g/mol. The number of thiophene rings is 1. The SMILES string of the molecule is Cc1ccc(/C=C/C(=O)NC2(C(=O)O)CCCCC2)s1.